The van der Waals surface area contributed by atoms with Gasteiger partial charge in [-0.2, -0.15) is 0 Å². The van der Waals surface area contributed by atoms with Crippen LogP contribution in [0.5, 0.6) is 0 Å². The lowest BCUT2D eigenvalue weighted by Crippen LogP contribution is -2.30. The molecule has 0 aliphatic carbocycles. The number of aliphatic hydroxyl groups excluding tert-OH is 1. The Balaban J connectivity index is 2.27. The fourth-order valence-corrected chi connectivity index (χ4v) is 1.33. The largest absolute Gasteiger partial charge is 0.390 e. The topological polar surface area (TPSA) is 50.1 Å². The summed E-state index contributed by atoms with van der Waals surface area (Å²) in [7, 11) is 0. The summed E-state index contributed by atoms with van der Waals surface area (Å²) in [6.45, 7) is 6.26. The minimum absolute atomic E-state index is 0.338. The summed E-state index contributed by atoms with van der Waals surface area (Å²) >= 11 is 0. The minimum Gasteiger partial charge on any atom is -0.390 e. The molecule has 1 aromatic rings. The number of nitrogens with zero attached hydrogens (tertiary/aromatic N) is 2. The van der Waals surface area contributed by atoms with E-state index in [4.69, 9.17) is 0 Å². The fourth-order valence-electron chi connectivity index (χ4n) is 1.33. The van der Waals surface area contributed by atoms with Crippen molar-refractivity contribution in [2.75, 3.05) is 13.1 Å². The van der Waals surface area contributed by atoms with Crippen molar-refractivity contribution in [1.82, 2.24) is 14.9 Å². The van der Waals surface area contributed by atoms with Crippen molar-refractivity contribution in [3.8, 4) is 0 Å². The molecular formula is C10H19N3O. The predicted molar refractivity (Wildman–Crippen MR) is 56.1 cm³/mol. The lowest BCUT2D eigenvalue weighted by molar-refractivity contribution is 0.151. The van der Waals surface area contributed by atoms with Crippen molar-refractivity contribution in [2.45, 2.75) is 32.9 Å². The van der Waals surface area contributed by atoms with E-state index in [-0.39, 0.29) is 6.10 Å². The van der Waals surface area contributed by atoms with Crippen molar-refractivity contribution in [3.63, 3.8) is 0 Å². The first-order valence-corrected chi connectivity index (χ1v) is 5.10. The molecule has 0 bridgehead atoms. The van der Waals surface area contributed by atoms with Crippen LogP contribution >= 0.6 is 0 Å². The molecule has 0 aromatic carbocycles. The molecule has 1 rings (SSSR count). The smallest absolute Gasteiger partial charge is 0.105 e. The van der Waals surface area contributed by atoms with E-state index < -0.39 is 0 Å². The van der Waals surface area contributed by atoms with Crippen LogP contribution in [-0.2, 0) is 6.54 Å². The zero-order chi connectivity index (χ0) is 10.4. The third-order valence-electron chi connectivity index (χ3n) is 2.14. The van der Waals surface area contributed by atoms with Gasteiger partial charge >= 0.3 is 0 Å². The number of nitrogens with one attached hydrogen (secondary N) is 1. The summed E-state index contributed by atoms with van der Waals surface area (Å²) in [5.74, 6) is 0.944. The number of rotatable bonds is 6. The Kier molecular flexibility index (Phi) is 4.62. The van der Waals surface area contributed by atoms with Crippen LogP contribution in [0.25, 0.3) is 0 Å². The molecule has 0 saturated heterocycles. The molecule has 1 unspecified atom stereocenters. The molecule has 14 heavy (non-hydrogen) atoms. The zero-order valence-corrected chi connectivity index (χ0v) is 8.90. The third kappa shape index (κ3) is 3.47. The molecule has 0 aliphatic rings. The van der Waals surface area contributed by atoms with Crippen LogP contribution in [0.1, 0.15) is 19.2 Å². The molecule has 0 amide bonds. The van der Waals surface area contributed by atoms with Crippen LogP contribution in [0.4, 0.5) is 0 Å². The van der Waals surface area contributed by atoms with Crippen LogP contribution in [-0.4, -0.2) is 33.9 Å². The van der Waals surface area contributed by atoms with Gasteiger partial charge in [0.1, 0.15) is 5.82 Å². The maximum Gasteiger partial charge on any atom is 0.105 e. The van der Waals surface area contributed by atoms with Crippen molar-refractivity contribution < 1.29 is 5.11 Å². The summed E-state index contributed by atoms with van der Waals surface area (Å²) in [5.41, 5.74) is 0. The molecule has 0 fully saturated rings. The summed E-state index contributed by atoms with van der Waals surface area (Å²) in [4.78, 5) is 4.10. The Labute approximate surface area is 85.0 Å². The Morgan fingerprint density at radius 1 is 1.64 bits per heavy atom. The molecule has 0 aliphatic heterocycles. The van der Waals surface area contributed by atoms with E-state index in [0.717, 1.165) is 18.8 Å². The highest BCUT2D eigenvalue weighted by molar-refractivity contribution is 4.89. The number of imidazole rings is 1. The highest BCUT2D eigenvalue weighted by Crippen LogP contribution is 1.97. The maximum absolute atomic E-state index is 9.66. The van der Waals surface area contributed by atoms with E-state index >= 15 is 0 Å². The van der Waals surface area contributed by atoms with Gasteiger partial charge in [0, 0.05) is 18.9 Å². The number of aliphatic hydroxyl groups is 1. The summed E-state index contributed by atoms with van der Waals surface area (Å²) in [6.07, 6.45) is 4.39. The van der Waals surface area contributed by atoms with Gasteiger partial charge in [-0.3, -0.25) is 0 Å². The highest BCUT2D eigenvalue weighted by atomic mass is 16.3. The van der Waals surface area contributed by atoms with Crippen LogP contribution < -0.4 is 5.32 Å². The molecule has 0 saturated carbocycles. The average Bonchev–Trinajstić information content (AvgIpc) is 2.52. The first-order chi connectivity index (χ1) is 6.74. The van der Waals surface area contributed by atoms with Gasteiger partial charge < -0.3 is 15.0 Å². The van der Waals surface area contributed by atoms with Crippen molar-refractivity contribution in [3.05, 3.63) is 18.2 Å². The molecule has 80 valence electrons. The number of aryl methyl sites for hydroxylation is 1. The number of hydrogen-bond donors (Lipinski definition) is 2. The lowest BCUT2D eigenvalue weighted by atomic mass is 10.3. The Bertz CT molecular complexity index is 260. The predicted octanol–water partition coefficient (Wildman–Crippen LogP) is 0.552. The minimum atomic E-state index is -0.338. The first-order valence-electron chi connectivity index (χ1n) is 5.10. The van der Waals surface area contributed by atoms with Crippen molar-refractivity contribution in [2.24, 2.45) is 0 Å². The molecular weight excluding hydrogens is 178 g/mol. The normalized spacial score (nSPS) is 13.1. The van der Waals surface area contributed by atoms with Gasteiger partial charge in [0.05, 0.1) is 12.6 Å². The molecule has 1 aromatic heterocycles. The Morgan fingerprint density at radius 2 is 2.43 bits per heavy atom. The average molecular weight is 197 g/mol. The molecule has 4 nitrogen and oxygen atoms in total. The zero-order valence-electron chi connectivity index (χ0n) is 8.90. The standard InChI is InChI=1S/C10H19N3O/c1-3-4-11-7-10(14)8-13-6-5-12-9(13)2/h5-6,10-11,14H,3-4,7-8H2,1-2H3. The second-order valence-corrected chi connectivity index (χ2v) is 3.48. The highest BCUT2D eigenvalue weighted by Gasteiger charge is 2.05. The van der Waals surface area contributed by atoms with Crippen molar-refractivity contribution >= 4 is 0 Å². The molecule has 2 N–H and O–H groups in total. The van der Waals surface area contributed by atoms with Gasteiger partial charge in [-0.25, -0.2) is 4.98 Å². The van der Waals surface area contributed by atoms with E-state index in [1.807, 2.05) is 17.7 Å². The molecule has 0 radical (unpaired) electrons. The van der Waals surface area contributed by atoms with Gasteiger partial charge in [-0.15, -0.1) is 0 Å². The van der Waals surface area contributed by atoms with E-state index in [1.165, 1.54) is 0 Å². The Morgan fingerprint density at radius 3 is 3.00 bits per heavy atom. The molecule has 0 spiro atoms. The van der Waals surface area contributed by atoms with Crippen LogP contribution in [0, 0.1) is 6.92 Å². The van der Waals surface area contributed by atoms with Gasteiger partial charge in [0.15, 0.2) is 0 Å². The third-order valence-corrected chi connectivity index (χ3v) is 2.14. The van der Waals surface area contributed by atoms with E-state index in [0.29, 0.717) is 13.1 Å². The van der Waals surface area contributed by atoms with Crippen LogP contribution in [0.2, 0.25) is 0 Å². The Hall–Kier alpha value is -0.870. The fraction of sp³-hybridized carbons (Fsp3) is 0.700. The SMILES string of the molecule is CCCNCC(O)Cn1ccnc1C. The summed E-state index contributed by atoms with van der Waals surface area (Å²) in [5, 5.41) is 12.8. The van der Waals surface area contributed by atoms with Crippen molar-refractivity contribution in [1.29, 1.82) is 0 Å². The summed E-state index contributed by atoms with van der Waals surface area (Å²) in [6, 6.07) is 0. The van der Waals surface area contributed by atoms with Gasteiger partial charge in [0.25, 0.3) is 0 Å². The molecule has 1 heterocycles. The van der Waals surface area contributed by atoms with Crippen LogP contribution in [0.3, 0.4) is 0 Å². The first kappa shape index (κ1) is 11.2. The van der Waals surface area contributed by atoms with Crippen LogP contribution in [0.15, 0.2) is 12.4 Å². The summed E-state index contributed by atoms with van der Waals surface area (Å²) < 4.78 is 1.96. The number of hydrogen-bond acceptors (Lipinski definition) is 3. The van der Waals surface area contributed by atoms with Gasteiger partial charge in [-0.05, 0) is 19.9 Å². The monoisotopic (exact) mass is 197 g/mol. The second kappa shape index (κ2) is 5.78. The quantitative estimate of drug-likeness (QED) is 0.655. The molecule has 4 heteroatoms. The van der Waals surface area contributed by atoms with Gasteiger partial charge in [0.2, 0.25) is 0 Å². The lowest BCUT2D eigenvalue weighted by Gasteiger charge is -2.12. The molecule has 1 atom stereocenters. The maximum atomic E-state index is 9.66. The van der Waals surface area contributed by atoms with Gasteiger partial charge in [-0.1, -0.05) is 6.92 Å². The van der Waals surface area contributed by atoms with E-state index in [9.17, 15) is 5.11 Å². The van der Waals surface area contributed by atoms with E-state index in [2.05, 4.69) is 17.2 Å². The van der Waals surface area contributed by atoms with E-state index in [1.54, 1.807) is 6.20 Å². The number of aromatic nitrogens is 2. The second-order valence-electron chi connectivity index (χ2n) is 3.48.